The van der Waals surface area contributed by atoms with E-state index in [2.05, 4.69) is 11.4 Å². The van der Waals surface area contributed by atoms with E-state index in [4.69, 9.17) is 16.3 Å². The molecular weight excluding hydrogens is 424 g/mol. The summed E-state index contributed by atoms with van der Waals surface area (Å²) in [5, 5.41) is 3.30. The van der Waals surface area contributed by atoms with E-state index in [-0.39, 0.29) is 34.2 Å². The highest BCUT2D eigenvalue weighted by molar-refractivity contribution is 7.89. The Morgan fingerprint density at radius 1 is 1.20 bits per heavy atom. The summed E-state index contributed by atoms with van der Waals surface area (Å²) in [6.07, 6.45) is 2.88. The van der Waals surface area contributed by atoms with Crippen molar-refractivity contribution >= 4 is 27.5 Å². The minimum absolute atomic E-state index is 0.0329. The van der Waals surface area contributed by atoms with Gasteiger partial charge in [0.2, 0.25) is 10.0 Å². The first-order chi connectivity index (χ1) is 14.4. The van der Waals surface area contributed by atoms with Crippen LogP contribution in [0.5, 0.6) is 5.75 Å². The van der Waals surface area contributed by atoms with Gasteiger partial charge in [0.15, 0.2) is 6.61 Å². The summed E-state index contributed by atoms with van der Waals surface area (Å²) in [6, 6.07) is 12.4. The number of amides is 1. The van der Waals surface area contributed by atoms with E-state index >= 15 is 0 Å². The van der Waals surface area contributed by atoms with E-state index in [1.807, 2.05) is 18.2 Å². The summed E-state index contributed by atoms with van der Waals surface area (Å²) in [4.78, 5) is 12.5. The molecule has 1 N–H and O–H groups in total. The summed E-state index contributed by atoms with van der Waals surface area (Å²) in [5.74, 6) is -0.177. The van der Waals surface area contributed by atoms with Gasteiger partial charge in [-0.05, 0) is 48.6 Å². The molecule has 30 heavy (non-hydrogen) atoms. The molecule has 0 fully saturated rings. The Morgan fingerprint density at radius 3 is 2.67 bits per heavy atom. The molecule has 0 saturated heterocycles. The SMILES string of the molecule is CCN(CC)S(=O)(=O)c1cc(Cl)ccc1OCC(=O)N[C@@H]1CCCc2ccccc21. The van der Waals surface area contributed by atoms with Crippen LogP contribution in [-0.4, -0.2) is 38.3 Å². The predicted molar refractivity (Wildman–Crippen MR) is 117 cm³/mol. The van der Waals surface area contributed by atoms with Crippen LogP contribution in [0.4, 0.5) is 0 Å². The second-order valence-electron chi connectivity index (χ2n) is 7.18. The zero-order valence-electron chi connectivity index (χ0n) is 17.2. The summed E-state index contributed by atoms with van der Waals surface area (Å²) in [7, 11) is -3.78. The number of hydrogen-bond donors (Lipinski definition) is 1. The monoisotopic (exact) mass is 450 g/mol. The predicted octanol–water partition coefficient (Wildman–Crippen LogP) is 3.94. The van der Waals surface area contributed by atoms with E-state index in [0.29, 0.717) is 13.1 Å². The molecule has 2 aromatic carbocycles. The zero-order chi connectivity index (χ0) is 21.7. The lowest BCUT2D eigenvalue weighted by atomic mass is 9.88. The Balaban J connectivity index is 1.73. The summed E-state index contributed by atoms with van der Waals surface area (Å²) in [5.41, 5.74) is 2.38. The average molecular weight is 451 g/mol. The van der Waals surface area contributed by atoms with E-state index < -0.39 is 10.0 Å². The molecule has 0 aromatic heterocycles. The Morgan fingerprint density at radius 2 is 1.93 bits per heavy atom. The van der Waals surface area contributed by atoms with Crippen molar-refractivity contribution in [1.29, 1.82) is 0 Å². The van der Waals surface area contributed by atoms with Crippen LogP contribution in [-0.2, 0) is 21.2 Å². The van der Waals surface area contributed by atoms with E-state index in [1.54, 1.807) is 19.9 Å². The maximum absolute atomic E-state index is 13.0. The van der Waals surface area contributed by atoms with Gasteiger partial charge in [-0.1, -0.05) is 49.7 Å². The number of carbonyl (C=O) groups is 1. The number of ether oxygens (including phenoxy) is 1. The van der Waals surface area contributed by atoms with E-state index in [1.165, 1.54) is 22.0 Å². The molecule has 1 atom stereocenters. The van der Waals surface area contributed by atoms with Crippen molar-refractivity contribution in [3.8, 4) is 5.75 Å². The fourth-order valence-electron chi connectivity index (χ4n) is 3.79. The van der Waals surface area contributed by atoms with Gasteiger partial charge in [0, 0.05) is 18.1 Å². The number of aryl methyl sites for hydroxylation is 1. The molecule has 2 aromatic rings. The van der Waals surface area contributed by atoms with Crippen LogP contribution in [0.15, 0.2) is 47.4 Å². The molecule has 0 bridgehead atoms. The van der Waals surface area contributed by atoms with Crippen molar-refractivity contribution in [2.75, 3.05) is 19.7 Å². The van der Waals surface area contributed by atoms with Gasteiger partial charge in [0.25, 0.3) is 5.91 Å². The number of nitrogens with zero attached hydrogens (tertiary/aromatic N) is 1. The average Bonchev–Trinajstić information content (AvgIpc) is 2.74. The molecule has 0 heterocycles. The first-order valence-electron chi connectivity index (χ1n) is 10.2. The number of fused-ring (bicyclic) bond motifs is 1. The van der Waals surface area contributed by atoms with Crippen molar-refractivity contribution in [3.05, 3.63) is 58.6 Å². The molecule has 1 aliphatic rings. The topological polar surface area (TPSA) is 75.7 Å². The van der Waals surface area contributed by atoms with Crippen molar-refractivity contribution < 1.29 is 17.9 Å². The third-order valence-electron chi connectivity index (χ3n) is 5.29. The number of rotatable bonds is 8. The van der Waals surface area contributed by atoms with Gasteiger partial charge in [-0.2, -0.15) is 4.31 Å². The van der Waals surface area contributed by atoms with Crippen molar-refractivity contribution in [2.45, 2.75) is 44.0 Å². The van der Waals surface area contributed by atoms with E-state index in [0.717, 1.165) is 24.8 Å². The molecular formula is C22H27ClN2O4S. The van der Waals surface area contributed by atoms with Gasteiger partial charge in [0.1, 0.15) is 10.6 Å². The second-order valence-corrected chi connectivity index (χ2v) is 9.52. The largest absolute Gasteiger partial charge is 0.482 e. The lowest BCUT2D eigenvalue weighted by molar-refractivity contribution is -0.124. The Kier molecular flexibility index (Phi) is 7.39. The fourth-order valence-corrected chi connectivity index (χ4v) is 5.64. The number of sulfonamides is 1. The quantitative estimate of drug-likeness (QED) is 0.660. The maximum Gasteiger partial charge on any atom is 0.258 e. The highest BCUT2D eigenvalue weighted by Gasteiger charge is 2.27. The fraction of sp³-hybridized carbons (Fsp3) is 0.409. The highest BCUT2D eigenvalue weighted by Crippen LogP contribution is 2.31. The summed E-state index contributed by atoms with van der Waals surface area (Å²) >= 11 is 6.04. The number of halogens is 1. The van der Waals surface area contributed by atoms with E-state index in [9.17, 15) is 13.2 Å². The number of carbonyl (C=O) groups excluding carboxylic acids is 1. The standard InChI is InChI=1S/C22H27ClN2O4S/c1-3-25(4-2)30(27,28)21-14-17(23)12-13-20(21)29-15-22(26)24-19-11-7-9-16-8-5-6-10-18(16)19/h5-6,8,10,12-14,19H,3-4,7,9,11,15H2,1-2H3,(H,24,26)/t19-/m1/s1. The molecule has 1 amide bonds. The Hall–Kier alpha value is -2.09. The number of nitrogens with one attached hydrogen (secondary N) is 1. The minimum Gasteiger partial charge on any atom is -0.482 e. The lowest BCUT2D eigenvalue weighted by Gasteiger charge is -2.26. The molecule has 1 aliphatic carbocycles. The second kappa shape index (κ2) is 9.81. The van der Waals surface area contributed by atoms with Crippen LogP contribution in [0.1, 0.15) is 43.9 Å². The molecule has 6 nitrogen and oxygen atoms in total. The molecule has 3 rings (SSSR count). The van der Waals surface area contributed by atoms with Crippen molar-refractivity contribution in [3.63, 3.8) is 0 Å². The van der Waals surface area contributed by atoms with Crippen LogP contribution in [0, 0.1) is 0 Å². The van der Waals surface area contributed by atoms with Gasteiger partial charge < -0.3 is 10.1 Å². The van der Waals surface area contributed by atoms with Gasteiger partial charge in [-0.25, -0.2) is 8.42 Å². The van der Waals surface area contributed by atoms with Crippen LogP contribution in [0.25, 0.3) is 0 Å². The minimum atomic E-state index is -3.78. The lowest BCUT2D eigenvalue weighted by Crippen LogP contribution is -2.35. The first-order valence-corrected chi connectivity index (χ1v) is 12.0. The zero-order valence-corrected chi connectivity index (χ0v) is 18.8. The summed E-state index contributed by atoms with van der Waals surface area (Å²) < 4.78 is 32.9. The van der Waals surface area contributed by atoms with Crippen LogP contribution in [0.3, 0.4) is 0 Å². The molecule has 0 spiro atoms. The molecule has 0 saturated carbocycles. The summed E-state index contributed by atoms with van der Waals surface area (Å²) in [6.45, 7) is 3.91. The smallest absolute Gasteiger partial charge is 0.258 e. The highest BCUT2D eigenvalue weighted by atomic mass is 35.5. The third kappa shape index (κ3) is 4.96. The van der Waals surface area contributed by atoms with Gasteiger partial charge in [0.05, 0.1) is 6.04 Å². The third-order valence-corrected chi connectivity index (χ3v) is 7.60. The maximum atomic E-state index is 13.0. The Bertz CT molecular complexity index is 1010. The van der Waals surface area contributed by atoms with Gasteiger partial charge >= 0.3 is 0 Å². The number of benzene rings is 2. The molecule has 0 unspecified atom stereocenters. The molecule has 162 valence electrons. The molecule has 8 heteroatoms. The van der Waals surface area contributed by atoms with Crippen LogP contribution in [0.2, 0.25) is 5.02 Å². The first kappa shape index (κ1) is 22.6. The molecule has 0 radical (unpaired) electrons. The van der Waals surface area contributed by atoms with Crippen molar-refractivity contribution in [1.82, 2.24) is 9.62 Å². The van der Waals surface area contributed by atoms with Crippen molar-refractivity contribution in [2.24, 2.45) is 0 Å². The Labute approximate surface area is 183 Å². The van der Waals surface area contributed by atoms with Gasteiger partial charge in [-0.15, -0.1) is 0 Å². The number of hydrogen-bond acceptors (Lipinski definition) is 4. The molecule has 0 aliphatic heterocycles. The van der Waals surface area contributed by atoms with Gasteiger partial charge in [-0.3, -0.25) is 4.79 Å². The normalized spacial score (nSPS) is 16.2. The van der Waals surface area contributed by atoms with Crippen LogP contribution >= 0.6 is 11.6 Å². The van der Waals surface area contributed by atoms with Crippen LogP contribution < -0.4 is 10.1 Å².